The standard InChI is InChI=1S/C19H24FN5.HI/c1-21-19(23-13-15-4-6-17(20)7-5-15)24-14-16-8-9-22-18(12-16)25-10-2-3-11-25;/h4-9,12H,2-3,10-11,13-14H2,1H3,(H2,21,23,24);1H. The van der Waals surface area contributed by atoms with Gasteiger partial charge in [0.2, 0.25) is 0 Å². The zero-order chi connectivity index (χ0) is 17.5. The number of anilines is 1. The summed E-state index contributed by atoms with van der Waals surface area (Å²) in [6, 6.07) is 10.6. The van der Waals surface area contributed by atoms with Gasteiger partial charge in [-0.3, -0.25) is 4.99 Å². The molecule has 26 heavy (non-hydrogen) atoms. The van der Waals surface area contributed by atoms with Gasteiger partial charge in [-0.25, -0.2) is 9.37 Å². The van der Waals surface area contributed by atoms with Crippen molar-refractivity contribution in [2.24, 2.45) is 4.99 Å². The van der Waals surface area contributed by atoms with Crippen LogP contribution < -0.4 is 15.5 Å². The minimum absolute atomic E-state index is 0. The Kier molecular flexibility index (Phi) is 8.08. The van der Waals surface area contributed by atoms with E-state index in [4.69, 9.17) is 0 Å². The van der Waals surface area contributed by atoms with E-state index in [1.54, 1.807) is 19.2 Å². The SMILES string of the molecule is CN=C(NCc1ccc(F)cc1)NCc1ccnc(N2CCCC2)c1.I. The Bertz CT molecular complexity index is 714. The first-order chi connectivity index (χ1) is 12.2. The second-order valence-electron chi connectivity index (χ2n) is 6.12. The number of nitrogens with zero attached hydrogens (tertiary/aromatic N) is 3. The van der Waals surface area contributed by atoms with E-state index < -0.39 is 0 Å². The molecule has 1 aliphatic rings. The van der Waals surface area contributed by atoms with E-state index in [0.29, 0.717) is 19.0 Å². The molecule has 0 spiro atoms. The van der Waals surface area contributed by atoms with Crippen LogP contribution in [0.5, 0.6) is 0 Å². The van der Waals surface area contributed by atoms with Gasteiger partial charge in [0.15, 0.2) is 5.96 Å². The molecule has 2 aromatic rings. The summed E-state index contributed by atoms with van der Waals surface area (Å²) in [5.41, 5.74) is 2.17. The molecule has 3 rings (SSSR count). The number of hydrogen-bond acceptors (Lipinski definition) is 3. The van der Waals surface area contributed by atoms with Gasteiger partial charge in [0.05, 0.1) is 0 Å². The third-order valence-electron chi connectivity index (χ3n) is 4.30. The van der Waals surface area contributed by atoms with Gasteiger partial charge < -0.3 is 15.5 Å². The molecule has 1 saturated heterocycles. The monoisotopic (exact) mass is 469 g/mol. The fraction of sp³-hybridized carbons (Fsp3) is 0.368. The lowest BCUT2D eigenvalue weighted by Gasteiger charge is -2.17. The fourth-order valence-corrected chi connectivity index (χ4v) is 2.88. The highest BCUT2D eigenvalue weighted by molar-refractivity contribution is 14.0. The average molecular weight is 469 g/mol. The Balaban J connectivity index is 0.00000243. The van der Waals surface area contributed by atoms with E-state index in [1.807, 2.05) is 12.3 Å². The van der Waals surface area contributed by atoms with Crippen molar-refractivity contribution >= 4 is 35.8 Å². The van der Waals surface area contributed by atoms with E-state index >= 15 is 0 Å². The maximum absolute atomic E-state index is 12.9. The number of guanidine groups is 1. The molecule has 0 radical (unpaired) electrons. The second kappa shape index (κ2) is 10.3. The van der Waals surface area contributed by atoms with Gasteiger partial charge in [0, 0.05) is 39.4 Å². The molecule has 5 nitrogen and oxygen atoms in total. The van der Waals surface area contributed by atoms with Crippen LogP contribution in [0.25, 0.3) is 0 Å². The first-order valence-corrected chi connectivity index (χ1v) is 8.63. The largest absolute Gasteiger partial charge is 0.357 e. The summed E-state index contributed by atoms with van der Waals surface area (Å²) in [6.45, 7) is 3.44. The molecule has 0 atom stereocenters. The summed E-state index contributed by atoms with van der Waals surface area (Å²) in [6.07, 6.45) is 4.34. The zero-order valence-electron chi connectivity index (χ0n) is 14.9. The van der Waals surface area contributed by atoms with Crippen molar-refractivity contribution in [1.29, 1.82) is 0 Å². The van der Waals surface area contributed by atoms with Crippen molar-refractivity contribution in [2.45, 2.75) is 25.9 Å². The number of rotatable bonds is 5. The highest BCUT2D eigenvalue weighted by atomic mass is 127. The molecule has 7 heteroatoms. The second-order valence-corrected chi connectivity index (χ2v) is 6.12. The molecule has 1 aromatic carbocycles. The number of pyridine rings is 1. The lowest BCUT2D eigenvalue weighted by Crippen LogP contribution is -2.36. The molecule has 0 bridgehead atoms. The summed E-state index contributed by atoms with van der Waals surface area (Å²) in [7, 11) is 1.74. The van der Waals surface area contributed by atoms with Crippen molar-refractivity contribution in [3.63, 3.8) is 0 Å². The molecular formula is C19H25FIN5. The number of aliphatic imine (C=N–C) groups is 1. The van der Waals surface area contributed by atoms with Gasteiger partial charge in [-0.1, -0.05) is 12.1 Å². The summed E-state index contributed by atoms with van der Waals surface area (Å²) in [4.78, 5) is 11.0. The first-order valence-electron chi connectivity index (χ1n) is 8.63. The number of nitrogens with one attached hydrogen (secondary N) is 2. The van der Waals surface area contributed by atoms with Crippen LogP contribution >= 0.6 is 24.0 Å². The van der Waals surface area contributed by atoms with Gasteiger partial charge >= 0.3 is 0 Å². The third kappa shape index (κ3) is 5.82. The number of halogens is 2. The predicted molar refractivity (Wildman–Crippen MR) is 115 cm³/mol. The van der Waals surface area contributed by atoms with Crippen molar-refractivity contribution in [3.8, 4) is 0 Å². The number of hydrogen-bond donors (Lipinski definition) is 2. The maximum atomic E-state index is 12.9. The van der Waals surface area contributed by atoms with E-state index in [0.717, 1.165) is 24.5 Å². The summed E-state index contributed by atoms with van der Waals surface area (Å²) < 4.78 is 12.9. The fourth-order valence-electron chi connectivity index (χ4n) is 2.88. The quantitative estimate of drug-likeness (QED) is 0.401. The summed E-state index contributed by atoms with van der Waals surface area (Å²) in [5, 5.41) is 6.54. The van der Waals surface area contributed by atoms with Crippen LogP contribution in [-0.4, -0.2) is 31.1 Å². The van der Waals surface area contributed by atoms with Crippen LogP contribution in [0.3, 0.4) is 0 Å². The lowest BCUT2D eigenvalue weighted by atomic mass is 10.2. The van der Waals surface area contributed by atoms with Crippen LogP contribution in [0.4, 0.5) is 10.2 Å². The predicted octanol–water partition coefficient (Wildman–Crippen LogP) is 3.30. The molecule has 140 valence electrons. The smallest absolute Gasteiger partial charge is 0.191 e. The molecule has 0 saturated carbocycles. The molecule has 0 aliphatic carbocycles. The maximum Gasteiger partial charge on any atom is 0.191 e. The minimum Gasteiger partial charge on any atom is -0.357 e. The first kappa shape index (κ1) is 20.4. The van der Waals surface area contributed by atoms with E-state index in [1.165, 1.54) is 30.5 Å². The van der Waals surface area contributed by atoms with Gasteiger partial charge in [0.25, 0.3) is 0 Å². The van der Waals surface area contributed by atoms with Gasteiger partial charge in [-0.05, 0) is 48.2 Å². The molecule has 1 aliphatic heterocycles. The summed E-state index contributed by atoms with van der Waals surface area (Å²) >= 11 is 0. The van der Waals surface area contributed by atoms with Crippen molar-refractivity contribution in [3.05, 3.63) is 59.5 Å². The van der Waals surface area contributed by atoms with Crippen LogP contribution in [0, 0.1) is 5.82 Å². The van der Waals surface area contributed by atoms with Crippen LogP contribution in [-0.2, 0) is 13.1 Å². The Morgan fingerprint density at radius 2 is 1.73 bits per heavy atom. The van der Waals surface area contributed by atoms with Gasteiger partial charge in [-0.15, -0.1) is 24.0 Å². The molecule has 1 aromatic heterocycles. The summed E-state index contributed by atoms with van der Waals surface area (Å²) in [5.74, 6) is 1.53. The molecule has 2 heterocycles. The van der Waals surface area contributed by atoms with Crippen LogP contribution in [0.15, 0.2) is 47.6 Å². The molecule has 2 N–H and O–H groups in total. The number of benzene rings is 1. The van der Waals surface area contributed by atoms with Crippen LogP contribution in [0.2, 0.25) is 0 Å². The van der Waals surface area contributed by atoms with Crippen molar-refractivity contribution in [2.75, 3.05) is 25.0 Å². The van der Waals surface area contributed by atoms with E-state index in [-0.39, 0.29) is 29.8 Å². The lowest BCUT2D eigenvalue weighted by molar-refractivity contribution is 0.626. The van der Waals surface area contributed by atoms with Crippen molar-refractivity contribution in [1.82, 2.24) is 15.6 Å². The molecule has 1 fully saturated rings. The zero-order valence-corrected chi connectivity index (χ0v) is 17.2. The Morgan fingerprint density at radius 1 is 1.08 bits per heavy atom. The minimum atomic E-state index is -0.224. The Labute approximate surface area is 171 Å². The molecule has 0 unspecified atom stereocenters. The third-order valence-corrected chi connectivity index (χ3v) is 4.30. The van der Waals surface area contributed by atoms with Crippen LogP contribution in [0.1, 0.15) is 24.0 Å². The van der Waals surface area contributed by atoms with Gasteiger partial charge in [-0.2, -0.15) is 0 Å². The van der Waals surface area contributed by atoms with E-state index in [9.17, 15) is 4.39 Å². The van der Waals surface area contributed by atoms with Crippen molar-refractivity contribution < 1.29 is 4.39 Å². The van der Waals surface area contributed by atoms with Gasteiger partial charge in [0.1, 0.15) is 11.6 Å². The Hall–Kier alpha value is -1.90. The highest BCUT2D eigenvalue weighted by Gasteiger charge is 2.13. The normalized spacial score (nSPS) is 14.1. The average Bonchev–Trinajstić information content (AvgIpc) is 3.18. The molecule has 0 amide bonds. The van der Waals surface area contributed by atoms with E-state index in [2.05, 4.69) is 31.6 Å². The topological polar surface area (TPSA) is 52.6 Å². The number of aromatic nitrogens is 1. The highest BCUT2D eigenvalue weighted by Crippen LogP contribution is 2.18. The Morgan fingerprint density at radius 3 is 2.38 bits per heavy atom. The molecular weight excluding hydrogens is 444 g/mol.